The monoisotopic (exact) mass is 344 g/mol. The largest absolute Gasteiger partial charge is 0.395 e. The lowest BCUT2D eigenvalue weighted by atomic mass is 10.1. The Kier molecular flexibility index (Phi) is 6.55. The molecule has 0 saturated heterocycles. The molecule has 0 aliphatic rings. The molecule has 3 N–H and O–H groups in total. The van der Waals surface area contributed by atoms with Crippen LogP contribution < -0.4 is 5.73 Å². The smallest absolute Gasteiger partial charge is 0.100 e. The molecule has 2 aromatic rings. The first kappa shape index (κ1) is 17.9. The summed E-state index contributed by atoms with van der Waals surface area (Å²) in [6, 6.07) is 15.8. The van der Waals surface area contributed by atoms with Crippen LogP contribution in [0.5, 0.6) is 0 Å². The van der Waals surface area contributed by atoms with Crippen LogP contribution in [0.1, 0.15) is 28.4 Å². The summed E-state index contributed by atoms with van der Waals surface area (Å²) < 4.78 is 0. The molecular weight excluding hydrogens is 324 g/mol. The van der Waals surface area contributed by atoms with Crippen LogP contribution in [0.15, 0.2) is 52.3 Å². The number of benzene rings is 2. The third-order valence-electron chi connectivity index (χ3n) is 3.53. The summed E-state index contributed by atoms with van der Waals surface area (Å²) in [5.74, 6) is 0. The molecule has 0 amide bonds. The Morgan fingerprint density at radius 2 is 2.00 bits per heavy atom. The van der Waals surface area contributed by atoms with E-state index in [1.807, 2.05) is 37.3 Å². The van der Waals surface area contributed by atoms with Crippen LogP contribution in [-0.2, 0) is 0 Å². The Morgan fingerprint density at radius 1 is 1.30 bits per heavy atom. The van der Waals surface area contributed by atoms with E-state index in [0.29, 0.717) is 16.9 Å². The quantitative estimate of drug-likeness (QED) is 0.552. The molecule has 0 radical (unpaired) electrons. The summed E-state index contributed by atoms with van der Waals surface area (Å²) >= 11 is 6.15. The SMILES string of the molecule is Cc1cc(C#N)c(S)c(S[C@H](C[C@H](N)CO)c2ccccc2)c1. The van der Waals surface area contributed by atoms with Crippen molar-refractivity contribution in [1.29, 1.82) is 5.26 Å². The fourth-order valence-corrected chi connectivity index (χ4v) is 4.10. The minimum absolute atomic E-state index is 0.0467. The standard InChI is InChI=1S/C18H20N2OS2/c1-12-7-14(10-19)18(22)17(8-12)23-16(9-15(20)11-21)13-5-3-2-4-6-13/h2-8,15-16,21-22H,9,11,20H2,1H3/t15-,16+/m0/s1. The van der Waals surface area contributed by atoms with Gasteiger partial charge in [-0.1, -0.05) is 30.3 Å². The highest BCUT2D eigenvalue weighted by atomic mass is 32.2. The summed E-state index contributed by atoms with van der Waals surface area (Å²) in [7, 11) is 0. The molecule has 0 fully saturated rings. The minimum Gasteiger partial charge on any atom is -0.395 e. The van der Waals surface area contributed by atoms with Gasteiger partial charge in [-0.3, -0.25) is 0 Å². The number of nitriles is 1. The van der Waals surface area contributed by atoms with Crippen molar-refractivity contribution in [3.63, 3.8) is 0 Å². The number of aryl methyl sites for hydroxylation is 1. The second-order valence-corrected chi connectivity index (χ2v) is 7.16. The Bertz CT molecular complexity index is 698. The second-order valence-electron chi connectivity index (χ2n) is 5.47. The predicted octanol–water partition coefficient (Wildman–Crippen LogP) is 3.70. The molecule has 0 unspecified atom stereocenters. The van der Waals surface area contributed by atoms with Crippen LogP contribution in [0, 0.1) is 18.3 Å². The Morgan fingerprint density at radius 3 is 2.61 bits per heavy atom. The molecule has 0 heterocycles. The maximum atomic E-state index is 9.29. The average Bonchev–Trinajstić information content (AvgIpc) is 2.57. The molecule has 120 valence electrons. The Hall–Kier alpha value is -1.45. The number of rotatable bonds is 6. The molecule has 0 bridgehead atoms. The lowest BCUT2D eigenvalue weighted by Gasteiger charge is -2.21. The van der Waals surface area contributed by atoms with Gasteiger partial charge < -0.3 is 10.8 Å². The van der Waals surface area contributed by atoms with Gasteiger partial charge >= 0.3 is 0 Å². The summed E-state index contributed by atoms with van der Waals surface area (Å²) in [5.41, 5.74) is 8.71. The van der Waals surface area contributed by atoms with Gasteiger partial charge in [-0.2, -0.15) is 5.26 Å². The highest BCUT2D eigenvalue weighted by Crippen LogP contribution is 2.42. The maximum Gasteiger partial charge on any atom is 0.100 e. The maximum absolute atomic E-state index is 9.29. The van der Waals surface area contributed by atoms with Gasteiger partial charge in [0.2, 0.25) is 0 Å². The van der Waals surface area contributed by atoms with Gasteiger partial charge in [-0.15, -0.1) is 24.4 Å². The molecular formula is C18H20N2OS2. The average molecular weight is 345 g/mol. The molecule has 0 saturated carbocycles. The number of nitrogens with zero attached hydrogens (tertiary/aromatic N) is 1. The van der Waals surface area contributed by atoms with Crippen molar-refractivity contribution in [2.75, 3.05) is 6.61 Å². The first-order valence-corrected chi connectivity index (χ1v) is 8.69. The van der Waals surface area contributed by atoms with Crippen molar-refractivity contribution in [2.45, 2.75) is 34.4 Å². The topological polar surface area (TPSA) is 70.0 Å². The lowest BCUT2D eigenvalue weighted by Crippen LogP contribution is -2.26. The molecule has 0 aliphatic heterocycles. The summed E-state index contributed by atoms with van der Waals surface area (Å²) in [6.07, 6.45) is 0.647. The molecule has 2 rings (SSSR count). The molecule has 23 heavy (non-hydrogen) atoms. The van der Waals surface area contributed by atoms with Gasteiger partial charge in [0.15, 0.2) is 0 Å². The minimum atomic E-state index is -0.281. The van der Waals surface area contributed by atoms with Gasteiger partial charge in [0.25, 0.3) is 0 Å². The van der Waals surface area contributed by atoms with Crippen molar-refractivity contribution in [3.05, 3.63) is 59.2 Å². The number of hydrogen-bond donors (Lipinski definition) is 3. The molecule has 2 atom stereocenters. The summed E-state index contributed by atoms with van der Waals surface area (Å²) in [5, 5.41) is 18.6. The number of thiol groups is 1. The number of hydrogen-bond acceptors (Lipinski definition) is 5. The summed E-state index contributed by atoms with van der Waals surface area (Å²) in [4.78, 5) is 1.66. The first-order valence-electron chi connectivity index (χ1n) is 7.37. The van der Waals surface area contributed by atoms with E-state index < -0.39 is 0 Å². The third kappa shape index (κ3) is 4.76. The van der Waals surface area contributed by atoms with Crippen molar-refractivity contribution in [2.24, 2.45) is 5.73 Å². The van der Waals surface area contributed by atoms with E-state index in [-0.39, 0.29) is 17.9 Å². The molecule has 0 spiro atoms. The molecule has 2 aromatic carbocycles. The van der Waals surface area contributed by atoms with Gasteiger partial charge in [0.05, 0.1) is 12.2 Å². The number of aliphatic hydroxyl groups excluding tert-OH is 1. The lowest BCUT2D eigenvalue weighted by molar-refractivity contribution is 0.259. The number of nitrogens with two attached hydrogens (primary N) is 1. The van der Waals surface area contributed by atoms with Crippen LogP contribution in [0.4, 0.5) is 0 Å². The Labute approximate surface area is 146 Å². The fraction of sp³-hybridized carbons (Fsp3) is 0.278. The van der Waals surface area contributed by atoms with Gasteiger partial charge in [-0.05, 0) is 36.6 Å². The number of aliphatic hydroxyl groups is 1. The van der Waals surface area contributed by atoms with Crippen molar-refractivity contribution in [3.8, 4) is 6.07 Å². The second kappa shape index (κ2) is 8.42. The van der Waals surface area contributed by atoms with E-state index >= 15 is 0 Å². The third-order valence-corrected chi connectivity index (χ3v) is 5.49. The van der Waals surface area contributed by atoms with Crippen LogP contribution in [0.25, 0.3) is 0 Å². The van der Waals surface area contributed by atoms with Crippen molar-refractivity contribution < 1.29 is 5.11 Å². The van der Waals surface area contributed by atoms with Crippen molar-refractivity contribution in [1.82, 2.24) is 0 Å². The highest BCUT2D eigenvalue weighted by Gasteiger charge is 2.19. The van der Waals surface area contributed by atoms with Gasteiger partial charge in [0, 0.05) is 21.1 Å². The zero-order valence-electron chi connectivity index (χ0n) is 12.9. The molecule has 0 aromatic heterocycles. The van der Waals surface area contributed by atoms with E-state index in [1.54, 1.807) is 11.8 Å². The van der Waals surface area contributed by atoms with E-state index in [2.05, 4.69) is 30.8 Å². The van der Waals surface area contributed by atoms with Crippen LogP contribution in [0.3, 0.4) is 0 Å². The first-order chi connectivity index (χ1) is 11.0. The molecule has 3 nitrogen and oxygen atoms in total. The van der Waals surface area contributed by atoms with E-state index in [4.69, 9.17) is 5.73 Å². The zero-order chi connectivity index (χ0) is 16.8. The van der Waals surface area contributed by atoms with Crippen LogP contribution >= 0.6 is 24.4 Å². The Balaban J connectivity index is 2.35. The van der Waals surface area contributed by atoms with E-state index in [1.165, 1.54) is 0 Å². The summed E-state index contributed by atoms with van der Waals surface area (Å²) in [6.45, 7) is 1.92. The normalized spacial score (nSPS) is 13.3. The van der Waals surface area contributed by atoms with Gasteiger partial charge in [-0.25, -0.2) is 0 Å². The van der Waals surface area contributed by atoms with E-state index in [0.717, 1.165) is 16.0 Å². The molecule has 0 aliphatic carbocycles. The fourth-order valence-electron chi connectivity index (χ4n) is 2.34. The molecule has 5 heteroatoms. The zero-order valence-corrected chi connectivity index (χ0v) is 14.6. The van der Waals surface area contributed by atoms with Crippen molar-refractivity contribution >= 4 is 24.4 Å². The van der Waals surface area contributed by atoms with E-state index in [9.17, 15) is 10.4 Å². The highest BCUT2D eigenvalue weighted by molar-refractivity contribution is 8.00. The number of thioether (sulfide) groups is 1. The van der Waals surface area contributed by atoms with Gasteiger partial charge in [0.1, 0.15) is 6.07 Å². The predicted molar refractivity (Wildman–Crippen MR) is 97.9 cm³/mol. The van der Waals surface area contributed by atoms with Crippen LogP contribution in [-0.4, -0.2) is 17.8 Å². The van der Waals surface area contributed by atoms with Crippen LogP contribution in [0.2, 0.25) is 0 Å².